The first-order valence-electron chi connectivity index (χ1n) is 7.15. The van der Waals surface area contributed by atoms with E-state index in [0.29, 0.717) is 4.90 Å². The molecule has 0 amide bonds. The molecule has 0 aliphatic rings. The lowest BCUT2D eigenvalue weighted by Crippen LogP contribution is -2.25. The van der Waals surface area contributed by atoms with E-state index < -0.39 is 10.0 Å². The molecule has 0 spiro atoms. The van der Waals surface area contributed by atoms with E-state index in [1.807, 2.05) is 12.1 Å². The first-order valence-corrected chi connectivity index (χ1v) is 8.59. The number of rotatable bonds is 8. The summed E-state index contributed by atoms with van der Waals surface area (Å²) in [4.78, 5) is 2.71. The summed E-state index contributed by atoms with van der Waals surface area (Å²) in [6.45, 7) is 7.14. The zero-order valence-corrected chi connectivity index (χ0v) is 13.8. The van der Waals surface area contributed by atoms with Crippen LogP contribution in [0.1, 0.15) is 32.3 Å². The number of hydrogen-bond donors (Lipinski definition) is 0. The number of benzene rings is 1. The van der Waals surface area contributed by atoms with Crippen molar-refractivity contribution < 1.29 is 8.42 Å². The molecule has 0 saturated heterocycles. The summed E-state index contributed by atoms with van der Waals surface area (Å²) in [5, 5.41) is 0. The molecule has 1 aromatic rings. The van der Waals surface area contributed by atoms with E-state index in [1.54, 1.807) is 26.2 Å². The molecule has 1 aromatic carbocycles. The van der Waals surface area contributed by atoms with Crippen molar-refractivity contribution in [2.45, 2.75) is 38.1 Å². The summed E-state index contributed by atoms with van der Waals surface area (Å²) in [5.41, 5.74) is 1.05. The second-order valence-electron chi connectivity index (χ2n) is 5.16. The lowest BCUT2D eigenvalue weighted by atomic mass is 10.2. The van der Waals surface area contributed by atoms with Crippen molar-refractivity contribution in [1.29, 1.82) is 0 Å². The molecule has 0 heterocycles. The monoisotopic (exact) mass is 298 g/mol. The van der Waals surface area contributed by atoms with Crippen LogP contribution in [0.25, 0.3) is 0 Å². The highest BCUT2D eigenvalue weighted by Gasteiger charge is 2.17. The van der Waals surface area contributed by atoms with Gasteiger partial charge in [-0.2, -0.15) is 0 Å². The van der Waals surface area contributed by atoms with Gasteiger partial charge in [-0.1, -0.05) is 32.4 Å². The normalized spacial score (nSPS) is 12.3. The second-order valence-corrected chi connectivity index (χ2v) is 7.31. The Hall–Kier alpha value is -0.910. The number of nitrogens with zero attached hydrogens (tertiary/aromatic N) is 2. The summed E-state index contributed by atoms with van der Waals surface area (Å²) < 4.78 is 25.5. The molecule has 0 bridgehead atoms. The van der Waals surface area contributed by atoms with Crippen LogP contribution in [0, 0.1) is 0 Å². The van der Waals surface area contributed by atoms with E-state index in [1.165, 1.54) is 17.1 Å². The van der Waals surface area contributed by atoms with Gasteiger partial charge in [-0.15, -0.1) is 0 Å². The third-order valence-electron chi connectivity index (χ3n) is 3.36. The first-order chi connectivity index (χ1) is 9.41. The Morgan fingerprint density at radius 1 is 1.15 bits per heavy atom. The van der Waals surface area contributed by atoms with Crippen LogP contribution in [0.15, 0.2) is 29.2 Å². The molecule has 0 fully saturated rings. The van der Waals surface area contributed by atoms with Crippen LogP contribution in [-0.2, 0) is 16.6 Å². The van der Waals surface area contributed by atoms with Crippen LogP contribution in [0.2, 0.25) is 0 Å². The summed E-state index contributed by atoms with van der Waals surface area (Å²) >= 11 is 0. The quantitative estimate of drug-likeness (QED) is 0.740. The van der Waals surface area contributed by atoms with Crippen molar-refractivity contribution >= 4 is 10.0 Å². The Morgan fingerprint density at radius 2 is 1.85 bits per heavy atom. The van der Waals surface area contributed by atoms with Crippen molar-refractivity contribution in [2.75, 3.05) is 27.2 Å². The summed E-state index contributed by atoms with van der Waals surface area (Å²) in [6.07, 6.45) is 2.34. The zero-order valence-electron chi connectivity index (χ0n) is 13.0. The Labute approximate surface area is 123 Å². The third-order valence-corrected chi connectivity index (χ3v) is 5.17. The highest BCUT2D eigenvalue weighted by Crippen LogP contribution is 2.16. The molecule has 0 N–H and O–H groups in total. The average Bonchev–Trinajstić information content (AvgIpc) is 2.43. The topological polar surface area (TPSA) is 40.6 Å². The van der Waals surface area contributed by atoms with Gasteiger partial charge in [0, 0.05) is 20.6 Å². The van der Waals surface area contributed by atoms with E-state index in [9.17, 15) is 8.42 Å². The fourth-order valence-electron chi connectivity index (χ4n) is 2.00. The molecule has 5 heteroatoms. The van der Waals surface area contributed by atoms with Gasteiger partial charge in [0.2, 0.25) is 10.0 Å². The van der Waals surface area contributed by atoms with Gasteiger partial charge in [-0.3, -0.25) is 4.90 Å². The Balaban J connectivity index is 2.88. The van der Waals surface area contributed by atoms with Crippen molar-refractivity contribution in [3.63, 3.8) is 0 Å². The number of unbranched alkanes of at least 4 members (excludes halogenated alkanes) is 1. The Morgan fingerprint density at radius 3 is 2.40 bits per heavy atom. The van der Waals surface area contributed by atoms with E-state index >= 15 is 0 Å². The minimum atomic E-state index is -3.34. The summed E-state index contributed by atoms with van der Waals surface area (Å²) in [7, 11) is -0.230. The fraction of sp³-hybridized carbons (Fsp3) is 0.600. The van der Waals surface area contributed by atoms with Crippen molar-refractivity contribution in [1.82, 2.24) is 9.21 Å². The van der Waals surface area contributed by atoms with Crippen LogP contribution < -0.4 is 0 Å². The van der Waals surface area contributed by atoms with E-state index in [4.69, 9.17) is 0 Å². The molecule has 114 valence electrons. The largest absolute Gasteiger partial charge is 0.299 e. The van der Waals surface area contributed by atoms with Gasteiger partial charge in [0.05, 0.1) is 4.90 Å². The Kier molecular flexibility index (Phi) is 6.65. The van der Waals surface area contributed by atoms with Gasteiger partial charge in [-0.05, 0) is 37.2 Å². The molecule has 0 aliphatic carbocycles. The lowest BCUT2D eigenvalue weighted by Gasteiger charge is -2.20. The van der Waals surface area contributed by atoms with Gasteiger partial charge in [-0.25, -0.2) is 12.7 Å². The zero-order chi connectivity index (χ0) is 15.2. The van der Waals surface area contributed by atoms with Crippen LogP contribution in [0.4, 0.5) is 0 Å². The van der Waals surface area contributed by atoms with E-state index in [-0.39, 0.29) is 0 Å². The maximum Gasteiger partial charge on any atom is 0.242 e. The standard InChI is InChI=1S/C15H26N2O2S/c1-5-7-11-17(6-2)13-14-9-8-10-15(12-14)20(18,19)16(3)4/h8-10,12H,5-7,11,13H2,1-4H3. The van der Waals surface area contributed by atoms with Crippen molar-refractivity contribution in [3.8, 4) is 0 Å². The molecule has 0 aromatic heterocycles. The van der Waals surface area contributed by atoms with Crippen LogP contribution in [0.5, 0.6) is 0 Å². The first kappa shape index (κ1) is 17.1. The summed E-state index contributed by atoms with van der Waals surface area (Å²) in [5.74, 6) is 0. The SMILES string of the molecule is CCCCN(CC)Cc1cccc(S(=O)(=O)N(C)C)c1. The molecule has 0 radical (unpaired) electrons. The predicted octanol–water partition coefficient (Wildman–Crippen LogP) is 2.56. The molecule has 4 nitrogen and oxygen atoms in total. The second kappa shape index (κ2) is 7.76. The van der Waals surface area contributed by atoms with Gasteiger partial charge in [0.25, 0.3) is 0 Å². The van der Waals surface area contributed by atoms with E-state index in [0.717, 1.165) is 25.2 Å². The van der Waals surface area contributed by atoms with Crippen molar-refractivity contribution in [2.24, 2.45) is 0 Å². The van der Waals surface area contributed by atoms with Crippen LogP contribution in [-0.4, -0.2) is 44.8 Å². The van der Waals surface area contributed by atoms with Crippen LogP contribution >= 0.6 is 0 Å². The maximum atomic E-state index is 12.1. The number of sulfonamides is 1. The smallest absolute Gasteiger partial charge is 0.242 e. The van der Waals surface area contributed by atoms with E-state index in [2.05, 4.69) is 18.7 Å². The third kappa shape index (κ3) is 4.58. The molecule has 0 atom stereocenters. The summed E-state index contributed by atoms with van der Waals surface area (Å²) in [6, 6.07) is 7.24. The fourth-order valence-corrected chi connectivity index (χ4v) is 2.98. The Bertz CT molecular complexity index is 512. The molecule has 1 rings (SSSR count). The van der Waals surface area contributed by atoms with Crippen molar-refractivity contribution in [3.05, 3.63) is 29.8 Å². The highest BCUT2D eigenvalue weighted by atomic mass is 32.2. The number of hydrogen-bond acceptors (Lipinski definition) is 3. The maximum absolute atomic E-state index is 12.1. The minimum absolute atomic E-state index is 0.367. The molecule has 20 heavy (non-hydrogen) atoms. The molecule has 0 unspecified atom stereocenters. The highest BCUT2D eigenvalue weighted by molar-refractivity contribution is 7.89. The van der Waals surface area contributed by atoms with Gasteiger partial charge < -0.3 is 0 Å². The van der Waals surface area contributed by atoms with Gasteiger partial charge in [0.15, 0.2) is 0 Å². The predicted molar refractivity (Wildman–Crippen MR) is 83.2 cm³/mol. The lowest BCUT2D eigenvalue weighted by molar-refractivity contribution is 0.275. The molecular formula is C15H26N2O2S. The average molecular weight is 298 g/mol. The molecule has 0 saturated carbocycles. The van der Waals surface area contributed by atoms with Crippen LogP contribution in [0.3, 0.4) is 0 Å². The minimum Gasteiger partial charge on any atom is -0.299 e. The molecule has 0 aliphatic heterocycles. The molecular weight excluding hydrogens is 272 g/mol. The van der Waals surface area contributed by atoms with Gasteiger partial charge >= 0.3 is 0 Å². The van der Waals surface area contributed by atoms with Gasteiger partial charge in [0.1, 0.15) is 0 Å².